The van der Waals surface area contributed by atoms with Crippen LogP contribution >= 0.6 is 11.6 Å². The summed E-state index contributed by atoms with van der Waals surface area (Å²) in [5.74, 6) is -0.303. The third-order valence-electron chi connectivity index (χ3n) is 3.38. The van der Waals surface area contributed by atoms with Crippen LogP contribution in [-0.4, -0.2) is 30.8 Å². The number of carbonyl (C=O) groups is 1. The fraction of sp³-hybridized carbons (Fsp3) is 0.118. The maximum atomic E-state index is 12.1. The Morgan fingerprint density at radius 1 is 1.15 bits per heavy atom. The molecule has 0 saturated carbocycles. The molecule has 134 valence electrons. The van der Waals surface area contributed by atoms with Crippen LogP contribution in [0.1, 0.15) is 16.2 Å². The van der Waals surface area contributed by atoms with Crippen molar-refractivity contribution in [3.05, 3.63) is 65.0 Å². The number of carbonyl (C=O) groups excluding carboxylic acids is 1. The van der Waals surface area contributed by atoms with E-state index in [4.69, 9.17) is 20.8 Å². The van der Waals surface area contributed by atoms with Gasteiger partial charge in [-0.3, -0.25) is 0 Å². The Bertz CT molecular complexity index is 1050. The Hall–Kier alpha value is -2.71. The Morgan fingerprint density at radius 3 is 2.58 bits per heavy atom. The summed E-state index contributed by atoms with van der Waals surface area (Å²) in [6.45, 7) is -0.241. The molecule has 0 fully saturated rings. The molecule has 2 aromatic carbocycles. The smallest absolute Gasteiger partial charge is 0.338 e. The second kappa shape index (κ2) is 7.27. The zero-order valence-corrected chi connectivity index (χ0v) is 15.1. The molecule has 0 aliphatic rings. The number of nitrogens with zero attached hydrogens (tertiary/aromatic N) is 2. The van der Waals surface area contributed by atoms with Gasteiger partial charge in [-0.05, 0) is 30.3 Å². The Balaban J connectivity index is 1.71. The number of esters is 1. The van der Waals surface area contributed by atoms with Gasteiger partial charge in [-0.2, -0.15) is 0 Å². The van der Waals surface area contributed by atoms with Gasteiger partial charge in [0.05, 0.1) is 15.5 Å². The van der Waals surface area contributed by atoms with E-state index in [9.17, 15) is 13.2 Å². The molecule has 0 radical (unpaired) electrons. The van der Waals surface area contributed by atoms with Crippen LogP contribution in [0.3, 0.4) is 0 Å². The molecule has 0 amide bonds. The van der Waals surface area contributed by atoms with Crippen LogP contribution in [0.2, 0.25) is 5.02 Å². The molecular weight excluding hydrogens is 380 g/mol. The number of sulfone groups is 1. The van der Waals surface area contributed by atoms with Crippen molar-refractivity contribution in [2.45, 2.75) is 11.5 Å². The molecule has 0 aliphatic heterocycles. The predicted octanol–water partition coefficient (Wildman–Crippen LogP) is 3.15. The van der Waals surface area contributed by atoms with Crippen molar-refractivity contribution in [1.29, 1.82) is 0 Å². The number of benzene rings is 2. The van der Waals surface area contributed by atoms with Crippen molar-refractivity contribution < 1.29 is 22.4 Å². The van der Waals surface area contributed by atoms with Crippen LogP contribution in [0.5, 0.6) is 0 Å². The lowest BCUT2D eigenvalue weighted by Crippen LogP contribution is -2.07. The third kappa shape index (κ3) is 4.09. The molecule has 0 N–H and O–H groups in total. The fourth-order valence-corrected chi connectivity index (χ4v) is 3.44. The first-order valence-electron chi connectivity index (χ1n) is 7.39. The summed E-state index contributed by atoms with van der Waals surface area (Å²) in [4.78, 5) is 12.0. The molecule has 0 spiro atoms. The van der Waals surface area contributed by atoms with Gasteiger partial charge < -0.3 is 9.15 Å². The van der Waals surface area contributed by atoms with E-state index in [0.717, 1.165) is 11.8 Å². The summed E-state index contributed by atoms with van der Waals surface area (Å²) in [5.41, 5.74) is 0.797. The Morgan fingerprint density at radius 2 is 1.88 bits per heavy atom. The van der Waals surface area contributed by atoms with E-state index in [1.165, 1.54) is 18.2 Å². The molecular formula is C17H13ClN2O5S. The topological polar surface area (TPSA) is 99.4 Å². The maximum absolute atomic E-state index is 12.1. The van der Waals surface area contributed by atoms with Crippen LogP contribution < -0.4 is 0 Å². The summed E-state index contributed by atoms with van der Waals surface area (Å²) in [5, 5.41) is 7.74. The molecule has 0 atom stereocenters. The van der Waals surface area contributed by atoms with Gasteiger partial charge in [-0.25, -0.2) is 13.2 Å². The summed E-state index contributed by atoms with van der Waals surface area (Å²) in [7, 11) is -3.56. The Kier molecular flexibility index (Phi) is 5.06. The van der Waals surface area contributed by atoms with Gasteiger partial charge in [-0.15, -0.1) is 10.2 Å². The predicted molar refractivity (Wildman–Crippen MR) is 93.4 cm³/mol. The molecule has 0 saturated heterocycles. The highest BCUT2D eigenvalue weighted by Gasteiger charge is 2.17. The second-order valence-electron chi connectivity index (χ2n) is 5.36. The standard InChI is InChI=1S/C17H13ClN2O5S/c1-26(22,23)14-9-12(7-8-13(14)18)17(21)24-10-15-19-20-16(25-15)11-5-3-2-4-6-11/h2-9H,10H2,1H3. The number of hydrogen-bond acceptors (Lipinski definition) is 7. The molecule has 0 bridgehead atoms. The highest BCUT2D eigenvalue weighted by atomic mass is 35.5. The molecule has 7 nitrogen and oxygen atoms in total. The molecule has 0 aliphatic carbocycles. The SMILES string of the molecule is CS(=O)(=O)c1cc(C(=O)OCc2nnc(-c3ccccc3)o2)ccc1Cl. The fourth-order valence-electron chi connectivity index (χ4n) is 2.13. The minimum absolute atomic E-state index is 0.0356. The normalized spacial score (nSPS) is 11.3. The van der Waals surface area contributed by atoms with Crippen LogP contribution in [0, 0.1) is 0 Å². The summed E-state index contributed by atoms with van der Waals surface area (Å²) < 4.78 is 33.9. The summed E-state index contributed by atoms with van der Waals surface area (Å²) >= 11 is 5.85. The number of hydrogen-bond donors (Lipinski definition) is 0. The molecule has 26 heavy (non-hydrogen) atoms. The average molecular weight is 393 g/mol. The lowest BCUT2D eigenvalue weighted by molar-refractivity contribution is 0.0438. The van der Waals surface area contributed by atoms with Crippen LogP contribution in [0.15, 0.2) is 57.8 Å². The molecule has 0 unspecified atom stereocenters. The van der Waals surface area contributed by atoms with Crippen molar-refractivity contribution in [1.82, 2.24) is 10.2 Å². The van der Waals surface area contributed by atoms with E-state index in [1.54, 1.807) is 0 Å². The lowest BCUT2D eigenvalue weighted by Gasteiger charge is -2.06. The Labute approximate surface area is 154 Å². The van der Waals surface area contributed by atoms with E-state index in [-0.39, 0.29) is 28.0 Å². The van der Waals surface area contributed by atoms with E-state index in [1.807, 2.05) is 30.3 Å². The highest BCUT2D eigenvalue weighted by Crippen LogP contribution is 2.23. The second-order valence-corrected chi connectivity index (χ2v) is 7.75. The van der Waals surface area contributed by atoms with Gasteiger partial charge in [-0.1, -0.05) is 29.8 Å². The summed E-state index contributed by atoms with van der Waals surface area (Å²) in [6, 6.07) is 13.0. The van der Waals surface area contributed by atoms with E-state index >= 15 is 0 Å². The maximum Gasteiger partial charge on any atom is 0.338 e. The zero-order valence-electron chi connectivity index (χ0n) is 13.5. The quantitative estimate of drug-likeness (QED) is 0.615. The van der Waals surface area contributed by atoms with Gasteiger partial charge in [0, 0.05) is 11.8 Å². The monoisotopic (exact) mass is 392 g/mol. The minimum Gasteiger partial charge on any atom is -0.452 e. The van der Waals surface area contributed by atoms with Crippen molar-refractivity contribution in [3.8, 4) is 11.5 Å². The van der Waals surface area contributed by atoms with E-state index in [0.29, 0.717) is 5.89 Å². The van der Waals surface area contributed by atoms with E-state index < -0.39 is 15.8 Å². The molecule has 1 aromatic heterocycles. The molecule has 9 heteroatoms. The number of aromatic nitrogens is 2. The molecule has 3 aromatic rings. The van der Waals surface area contributed by atoms with Crippen LogP contribution in [0.4, 0.5) is 0 Å². The molecule has 1 heterocycles. The first kappa shape index (κ1) is 18.1. The highest BCUT2D eigenvalue weighted by molar-refractivity contribution is 7.90. The van der Waals surface area contributed by atoms with Gasteiger partial charge in [0.2, 0.25) is 5.89 Å². The number of rotatable bonds is 5. The van der Waals surface area contributed by atoms with Crippen molar-refractivity contribution in [2.75, 3.05) is 6.26 Å². The molecule has 3 rings (SSSR count). The van der Waals surface area contributed by atoms with Gasteiger partial charge in [0.15, 0.2) is 16.4 Å². The first-order valence-corrected chi connectivity index (χ1v) is 9.66. The summed E-state index contributed by atoms with van der Waals surface area (Å²) in [6.07, 6.45) is 1.01. The van der Waals surface area contributed by atoms with Crippen molar-refractivity contribution >= 4 is 27.4 Å². The van der Waals surface area contributed by atoms with Gasteiger partial charge >= 0.3 is 5.97 Å². The minimum atomic E-state index is -3.56. The van der Waals surface area contributed by atoms with E-state index in [2.05, 4.69) is 10.2 Å². The number of ether oxygens (including phenoxy) is 1. The third-order valence-corrected chi connectivity index (χ3v) is 4.96. The van der Waals surface area contributed by atoms with Crippen molar-refractivity contribution in [3.63, 3.8) is 0 Å². The van der Waals surface area contributed by atoms with Crippen molar-refractivity contribution in [2.24, 2.45) is 0 Å². The van der Waals surface area contributed by atoms with Crippen LogP contribution in [-0.2, 0) is 21.2 Å². The van der Waals surface area contributed by atoms with Gasteiger partial charge in [0.1, 0.15) is 0 Å². The largest absolute Gasteiger partial charge is 0.452 e. The zero-order chi connectivity index (χ0) is 18.7. The number of halogens is 1. The lowest BCUT2D eigenvalue weighted by atomic mass is 10.2. The first-order chi connectivity index (χ1) is 12.3. The van der Waals surface area contributed by atoms with Gasteiger partial charge in [0.25, 0.3) is 5.89 Å². The van der Waals surface area contributed by atoms with Crippen LogP contribution in [0.25, 0.3) is 11.5 Å². The average Bonchev–Trinajstić information content (AvgIpc) is 3.09.